The highest BCUT2D eigenvalue weighted by Crippen LogP contribution is 2.45. The summed E-state index contributed by atoms with van der Waals surface area (Å²) in [5, 5.41) is 35.4. The average Bonchev–Trinajstić information content (AvgIpc) is 3.44. The van der Waals surface area contributed by atoms with Crippen LogP contribution in [0.4, 0.5) is 5.82 Å². The molecule has 4 N–H and O–H groups in total. The molecule has 1 fully saturated rings. The lowest BCUT2D eigenvalue weighted by atomic mass is 9.97. The molecular weight excluding hydrogens is 518 g/mol. The Bertz CT molecular complexity index is 1260. The molecule has 4 atom stereocenters. The van der Waals surface area contributed by atoms with Crippen LogP contribution in [0, 0.1) is 0 Å². The number of carbonyl (C=O) groups is 1. The standard InChI is InChI=1S/C27H39N5O6Si/c1-16(2)39(17(3)4,18(5)6)37-13-27(12-33)22(35)21(34)26(38-27)32-15-30-20-23(28-14-29-24(20)32)31-25(36)19-10-8-7-9-11-19/h7-11,14-18,21-22,26,33-35H,12-13H2,1-6H3,(H,28,29,31,36)/t21-,22+,26-,27+/m1/s1. The van der Waals surface area contributed by atoms with Crippen LogP contribution in [0.1, 0.15) is 58.1 Å². The molecular formula is C27H39N5O6Si. The SMILES string of the molecule is CC(C)[Si](OC[C@]1(CO)O[C@@H](n2cnc3c(NC(=O)c4ccccc4)ncnc32)[C@H](O)[C@@H]1O)(C(C)C)C(C)C. The van der Waals surface area contributed by atoms with Crippen LogP contribution in [0.3, 0.4) is 0 Å². The van der Waals surface area contributed by atoms with Gasteiger partial charge in [0.1, 0.15) is 24.1 Å². The molecule has 3 heterocycles. The van der Waals surface area contributed by atoms with Gasteiger partial charge in [0, 0.05) is 5.56 Å². The summed E-state index contributed by atoms with van der Waals surface area (Å²) in [6.07, 6.45) is -1.26. The minimum absolute atomic E-state index is 0.0705. The molecule has 0 spiro atoms. The first-order valence-corrected chi connectivity index (χ1v) is 15.4. The maximum absolute atomic E-state index is 12.7. The average molecular weight is 558 g/mol. The van der Waals surface area contributed by atoms with Crippen LogP contribution in [-0.4, -0.2) is 80.1 Å². The van der Waals surface area contributed by atoms with E-state index in [0.29, 0.717) is 5.56 Å². The maximum atomic E-state index is 12.7. The number of rotatable bonds is 10. The Kier molecular flexibility index (Phi) is 8.54. The lowest BCUT2D eigenvalue weighted by Gasteiger charge is -2.44. The van der Waals surface area contributed by atoms with Gasteiger partial charge in [-0.15, -0.1) is 0 Å². The van der Waals surface area contributed by atoms with Crippen molar-refractivity contribution >= 4 is 31.2 Å². The van der Waals surface area contributed by atoms with Crippen molar-refractivity contribution in [3.8, 4) is 0 Å². The molecule has 1 aliphatic heterocycles. The summed E-state index contributed by atoms with van der Waals surface area (Å²) in [7, 11) is -2.36. The molecule has 212 valence electrons. The van der Waals surface area contributed by atoms with E-state index in [1.54, 1.807) is 24.3 Å². The molecule has 1 aromatic carbocycles. The van der Waals surface area contributed by atoms with E-state index >= 15 is 0 Å². The number of aliphatic hydroxyl groups excluding tert-OH is 3. The summed E-state index contributed by atoms with van der Waals surface area (Å²) < 4.78 is 14.3. The highest BCUT2D eigenvalue weighted by atomic mass is 28.4. The van der Waals surface area contributed by atoms with Crippen LogP contribution in [0.25, 0.3) is 11.2 Å². The van der Waals surface area contributed by atoms with E-state index < -0.39 is 39.0 Å². The summed E-state index contributed by atoms with van der Waals surface area (Å²) in [5.74, 6) is -0.166. The number of carbonyl (C=O) groups excluding carboxylic acids is 1. The van der Waals surface area contributed by atoms with E-state index in [1.807, 2.05) is 6.07 Å². The normalized spacial score (nSPS) is 23.8. The number of aromatic nitrogens is 4. The minimum Gasteiger partial charge on any atom is -0.413 e. The monoisotopic (exact) mass is 557 g/mol. The molecule has 2 aromatic heterocycles. The first-order valence-electron chi connectivity index (χ1n) is 13.3. The van der Waals surface area contributed by atoms with Crippen LogP contribution < -0.4 is 5.32 Å². The fourth-order valence-corrected chi connectivity index (χ4v) is 11.5. The summed E-state index contributed by atoms with van der Waals surface area (Å²) >= 11 is 0. The summed E-state index contributed by atoms with van der Waals surface area (Å²) in [5.41, 5.74) is 0.335. The number of amides is 1. The third kappa shape index (κ3) is 5.12. The Labute approximate surface area is 229 Å². The molecule has 39 heavy (non-hydrogen) atoms. The topological polar surface area (TPSA) is 152 Å². The number of hydrogen-bond acceptors (Lipinski definition) is 9. The lowest BCUT2D eigenvalue weighted by Crippen LogP contribution is -2.56. The van der Waals surface area contributed by atoms with Crippen LogP contribution in [0.5, 0.6) is 0 Å². The first kappa shape index (κ1) is 29.2. The molecule has 0 radical (unpaired) electrons. The number of benzene rings is 1. The van der Waals surface area contributed by atoms with E-state index in [9.17, 15) is 20.1 Å². The Morgan fingerprint density at radius 1 is 1.08 bits per heavy atom. The zero-order chi connectivity index (χ0) is 28.5. The van der Waals surface area contributed by atoms with Gasteiger partial charge in [-0.3, -0.25) is 9.36 Å². The number of nitrogens with zero attached hydrogens (tertiary/aromatic N) is 4. The second-order valence-electron chi connectivity index (χ2n) is 11.1. The molecule has 0 unspecified atom stereocenters. The van der Waals surface area contributed by atoms with Crippen molar-refractivity contribution in [1.29, 1.82) is 0 Å². The fourth-order valence-electron chi connectivity index (χ4n) is 6.01. The third-order valence-electron chi connectivity index (χ3n) is 7.95. The fraction of sp³-hybridized carbons (Fsp3) is 0.556. The van der Waals surface area contributed by atoms with Gasteiger partial charge in [-0.25, -0.2) is 15.0 Å². The predicted octanol–water partition coefficient (Wildman–Crippen LogP) is 3.25. The summed E-state index contributed by atoms with van der Waals surface area (Å²) in [6, 6.07) is 8.70. The van der Waals surface area contributed by atoms with Gasteiger partial charge in [-0.05, 0) is 28.8 Å². The van der Waals surface area contributed by atoms with Crippen LogP contribution >= 0.6 is 0 Å². The summed E-state index contributed by atoms with van der Waals surface area (Å²) in [4.78, 5) is 25.5. The number of ether oxygens (including phenoxy) is 1. The predicted molar refractivity (Wildman–Crippen MR) is 149 cm³/mol. The number of imidazole rings is 1. The van der Waals surface area contributed by atoms with Gasteiger partial charge in [-0.1, -0.05) is 59.7 Å². The second-order valence-corrected chi connectivity index (χ2v) is 16.6. The van der Waals surface area contributed by atoms with Gasteiger partial charge in [0.2, 0.25) is 0 Å². The Hall–Kier alpha value is -2.74. The largest absolute Gasteiger partial charge is 0.413 e. The molecule has 1 amide bonds. The van der Waals surface area contributed by atoms with Gasteiger partial charge in [-0.2, -0.15) is 0 Å². The molecule has 11 nitrogen and oxygen atoms in total. The van der Waals surface area contributed by atoms with Crippen LogP contribution in [0.15, 0.2) is 43.0 Å². The van der Waals surface area contributed by atoms with E-state index in [2.05, 4.69) is 61.8 Å². The molecule has 0 aliphatic carbocycles. The minimum atomic E-state index is -2.36. The maximum Gasteiger partial charge on any atom is 0.256 e. The van der Waals surface area contributed by atoms with Gasteiger partial charge in [0.25, 0.3) is 5.91 Å². The number of fused-ring (bicyclic) bond motifs is 1. The van der Waals surface area contributed by atoms with Gasteiger partial charge in [0.15, 0.2) is 31.5 Å². The van der Waals surface area contributed by atoms with Crippen LogP contribution in [0.2, 0.25) is 16.6 Å². The number of hydrogen-bond donors (Lipinski definition) is 4. The lowest BCUT2D eigenvalue weighted by molar-refractivity contribution is -0.146. The number of anilines is 1. The Morgan fingerprint density at radius 2 is 1.72 bits per heavy atom. The second kappa shape index (κ2) is 11.4. The molecule has 4 rings (SSSR count). The highest BCUT2D eigenvalue weighted by Gasteiger charge is 2.57. The molecule has 0 saturated carbocycles. The Balaban J connectivity index is 1.62. The van der Waals surface area contributed by atoms with Crippen molar-refractivity contribution in [3.63, 3.8) is 0 Å². The Morgan fingerprint density at radius 3 is 2.31 bits per heavy atom. The van der Waals surface area contributed by atoms with Crippen LogP contribution in [-0.2, 0) is 9.16 Å². The first-order chi connectivity index (χ1) is 18.5. The number of aliphatic hydroxyl groups is 3. The highest BCUT2D eigenvalue weighted by molar-refractivity contribution is 6.77. The molecule has 1 aliphatic rings. The summed E-state index contributed by atoms with van der Waals surface area (Å²) in [6.45, 7) is 12.2. The third-order valence-corrected chi connectivity index (χ3v) is 14.0. The van der Waals surface area contributed by atoms with Crippen molar-refractivity contribution in [2.75, 3.05) is 18.5 Å². The molecule has 0 bridgehead atoms. The molecule has 3 aromatic rings. The van der Waals surface area contributed by atoms with E-state index in [0.717, 1.165) is 0 Å². The smallest absolute Gasteiger partial charge is 0.256 e. The quantitative estimate of drug-likeness (QED) is 0.275. The van der Waals surface area contributed by atoms with Crippen molar-refractivity contribution in [1.82, 2.24) is 19.5 Å². The van der Waals surface area contributed by atoms with Crippen molar-refractivity contribution in [3.05, 3.63) is 48.5 Å². The van der Waals surface area contributed by atoms with E-state index in [-0.39, 0.29) is 46.1 Å². The van der Waals surface area contributed by atoms with Crippen molar-refractivity contribution < 1.29 is 29.3 Å². The zero-order valence-corrected chi connectivity index (χ0v) is 24.3. The van der Waals surface area contributed by atoms with E-state index in [1.165, 1.54) is 17.2 Å². The van der Waals surface area contributed by atoms with Gasteiger partial charge in [0.05, 0.1) is 19.5 Å². The zero-order valence-electron chi connectivity index (χ0n) is 23.3. The van der Waals surface area contributed by atoms with Crippen molar-refractivity contribution in [2.24, 2.45) is 0 Å². The van der Waals surface area contributed by atoms with Gasteiger partial charge < -0.3 is 29.8 Å². The van der Waals surface area contributed by atoms with E-state index in [4.69, 9.17) is 9.16 Å². The number of nitrogens with one attached hydrogen (secondary N) is 1. The molecule has 12 heteroatoms. The van der Waals surface area contributed by atoms with Crippen molar-refractivity contribution in [2.45, 2.75) is 82.2 Å². The molecule has 1 saturated heterocycles. The van der Waals surface area contributed by atoms with Gasteiger partial charge >= 0.3 is 0 Å².